The molecule has 0 amide bonds. The van der Waals surface area contributed by atoms with Gasteiger partial charge in [-0.3, -0.25) is 0 Å². The number of para-hydroxylation sites is 3. The Morgan fingerprint density at radius 2 is 0.508 bits per heavy atom. The number of nitrogens with zero attached hydrogens (tertiary/aromatic N) is 2. The van der Waals surface area contributed by atoms with Crippen molar-refractivity contribution in [1.82, 2.24) is 0 Å². The summed E-state index contributed by atoms with van der Waals surface area (Å²) in [5.41, 5.74) is 14.8. The minimum atomic E-state index is 1.04. The predicted octanol–water partition coefficient (Wildman–Crippen LogP) is 16.4. The molecule has 9 aromatic carbocycles. The highest BCUT2D eigenvalue weighted by atomic mass is 15.1. The first kappa shape index (κ1) is 41.3. The molecule has 9 rings (SSSR count). The Hall–Kier alpha value is -7.82. The summed E-state index contributed by atoms with van der Waals surface area (Å²) in [6, 6.07) is 86.0. The second-order valence-corrected chi connectivity index (χ2v) is 14.8. The summed E-state index contributed by atoms with van der Waals surface area (Å²) < 4.78 is 0. The lowest BCUT2D eigenvalue weighted by molar-refractivity contribution is 1.27. The molecular weight excluding hydrogens is 741 g/mol. The highest BCUT2D eigenvalue weighted by Gasteiger charge is 2.14. The van der Waals surface area contributed by atoms with Gasteiger partial charge >= 0.3 is 0 Å². The maximum Gasteiger partial charge on any atom is 0.0464 e. The number of anilines is 10. The number of nitrogens with one attached hydrogen (secondary N) is 2. The molecule has 4 nitrogen and oxygen atoms in total. The molecule has 0 unspecified atom stereocenters. The molecule has 0 heterocycles. The molecule has 2 N–H and O–H groups in total. The Bertz CT molecular complexity index is 2490. The zero-order valence-electron chi connectivity index (χ0n) is 35.1. The van der Waals surface area contributed by atoms with E-state index in [9.17, 15) is 0 Å². The monoisotopic (exact) mass is 792 g/mol. The van der Waals surface area contributed by atoms with Crippen LogP contribution in [-0.4, -0.2) is 0 Å². The van der Waals surface area contributed by atoms with Crippen molar-refractivity contribution in [3.05, 3.63) is 265 Å². The zero-order chi connectivity index (χ0) is 42.1. The van der Waals surface area contributed by atoms with Gasteiger partial charge in [-0.1, -0.05) is 127 Å². The summed E-state index contributed by atoms with van der Waals surface area (Å²) in [5.74, 6) is 0. The van der Waals surface area contributed by atoms with Crippen LogP contribution < -0.4 is 20.4 Å². The van der Waals surface area contributed by atoms with Crippen LogP contribution in [0.3, 0.4) is 0 Å². The van der Waals surface area contributed by atoms with Crippen LogP contribution in [0.25, 0.3) is 0 Å². The minimum absolute atomic E-state index is 1.04. The molecule has 0 atom stereocenters. The van der Waals surface area contributed by atoms with Gasteiger partial charge in [0.2, 0.25) is 0 Å². The van der Waals surface area contributed by atoms with Crippen LogP contribution in [0.4, 0.5) is 56.9 Å². The molecule has 0 aliphatic rings. The zero-order valence-corrected chi connectivity index (χ0v) is 35.1. The lowest BCUT2D eigenvalue weighted by Crippen LogP contribution is -2.10. The average Bonchev–Trinajstić information content (AvgIpc) is 3.30. The second kappa shape index (κ2) is 21.3. The predicted molar refractivity (Wildman–Crippen MR) is 262 cm³/mol. The second-order valence-electron chi connectivity index (χ2n) is 14.8. The largest absolute Gasteiger partial charge is 0.356 e. The van der Waals surface area contributed by atoms with Gasteiger partial charge in [-0.2, -0.15) is 0 Å². The van der Waals surface area contributed by atoms with Crippen molar-refractivity contribution >= 4 is 56.9 Å². The fourth-order valence-corrected chi connectivity index (χ4v) is 6.93. The maximum atomic E-state index is 3.58. The Morgan fingerprint density at radius 3 is 0.902 bits per heavy atom. The topological polar surface area (TPSA) is 30.5 Å². The Morgan fingerprint density at radius 1 is 0.230 bits per heavy atom. The number of hydrogen-bond donors (Lipinski definition) is 2. The van der Waals surface area contributed by atoms with E-state index in [1.807, 2.05) is 54.6 Å². The molecule has 0 bridgehead atoms. The van der Waals surface area contributed by atoms with E-state index in [4.69, 9.17) is 0 Å². The van der Waals surface area contributed by atoms with Gasteiger partial charge in [0.05, 0.1) is 0 Å². The van der Waals surface area contributed by atoms with Crippen LogP contribution >= 0.6 is 0 Å². The molecule has 4 heteroatoms. The van der Waals surface area contributed by atoms with E-state index in [2.05, 4.69) is 235 Å². The van der Waals surface area contributed by atoms with Crippen molar-refractivity contribution in [3.8, 4) is 0 Å². The first-order chi connectivity index (χ1) is 30.0. The van der Waals surface area contributed by atoms with E-state index in [-0.39, 0.29) is 0 Å². The minimum Gasteiger partial charge on any atom is -0.356 e. The number of hydrogen-bond acceptors (Lipinski definition) is 4. The average molecular weight is 793 g/mol. The lowest BCUT2D eigenvalue weighted by Gasteiger charge is -2.26. The summed E-state index contributed by atoms with van der Waals surface area (Å²) in [6.45, 7) is 6.35. The van der Waals surface area contributed by atoms with E-state index >= 15 is 0 Å². The Balaban J connectivity index is 0.000000228. The molecular formula is C57H52N4. The van der Waals surface area contributed by atoms with Gasteiger partial charge in [0, 0.05) is 56.9 Å². The first-order valence-electron chi connectivity index (χ1n) is 20.7. The van der Waals surface area contributed by atoms with Crippen LogP contribution in [0.5, 0.6) is 0 Å². The summed E-state index contributed by atoms with van der Waals surface area (Å²) in [4.78, 5) is 4.57. The van der Waals surface area contributed by atoms with Gasteiger partial charge in [0.1, 0.15) is 0 Å². The van der Waals surface area contributed by atoms with Gasteiger partial charge in [-0.25, -0.2) is 0 Å². The fraction of sp³-hybridized carbons (Fsp3) is 0.0526. The standard InChI is InChI=1S/C38H33N3.C13H13N.C6H6/c1-29-11-9-17-37(27-29)40(33-13-5-3-6-14-33)35-23-19-31(20-24-35)39-32-21-25-36(26-22-32)41(34-15-7-4-8-16-34)38-18-10-12-30(2)28-38;1-11-6-5-9-13(10-11)14-12-7-3-2-4-8-12;1-2-4-6-5-3-1/h3-28,39H,1-2H3;2-10,14H,1H3;1-6H. The summed E-state index contributed by atoms with van der Waals surface area (Å²) >= 11 is 0. The number of rotatable bonds is 10. The normalized spacial score (nSPS) is 10.2. The summed E-state index contributed by atoms with van der Waals surface area (Å²) in [5, 5.41) is 6.92. The van der Waals surface area contributed by atoms with Crippen molar-refractivity contribution in [2.24, 2.45) is 0 Å². The van der Waals surface area contributed by atoms with Gasteiger partial charge in [-0.05, 0) is 159 Å². The van der Waals surface area contributed by atoms with E-state index in [0.717, 1.165) is 56.9 Å². The molecule has 0 saturated carbocycles. The van der Waals surface area contributed by atoms with Crippen molar-refractivity contribution in [2.75, 3.05) is 20.4 Å². The van der Waals surface area contributed by atoms with Crippen LogP contribution in [0.15, 0.2) is 249 Å². The quantitative estimate of drug-likeness (QED) is 0.144. The van der Waals surface area contributed by atoms with Crippen LogP contribution in [0.1, 0.15) is 16.7 Å². The van der Waals surface area contributed by atoms with Crippen molar-refractivity contribution < 1.29 is 0 Å². The fourth-order valence-electron chi connectivity index (χ4n) is 6.93. The molecule has 0 aliphatic carbocycles. The Labute approximate surface area is 362 Å². The summed E-state index contributed by atoms with van der Waals surface area (Å²) in [7, 11) is 0. The summed E-state index contributed by atoms with van der Waals surface area (Å²) in [6.07, 6.45) is 0. The maximum absolute atomic E-state index is 3.58. The Kier molecular flexibility index (Phi) is 14.4. The highest BCUT2D eigenvalue weighted by molar-refractivity contribution is 5.80. The molecule has 61 heavy (non-hydrogen) atoms. The van der Waals surface area contributed by atoms with Gasteiger partial charge < -0.3 is 20.4 Å². The smallest absolute Gasteiger partial charge is 0.0464 e. The third-order valence-corrected chi connectivity index (χ3v) is 9.84. The molecule has 0 aliphatic heterocycles. The van der Waals surface area contributed by atoms with Gasteiger partial charge in [0.15, 0.2) is 0 Å². The molecule has 0 fully saturated rings. The molecule has 0 radical (unpaired) electrons. The van der Waals surface area contributed by atoms with E-state index in [1.165, 1.54) is 16.7 Å². The third kappa shape index (κ3) is 12.1. The third-order valence-electron chi connectivity index (χ3n) is 9.84. The highest BCUT2D eigenvalue weighted by Crippen LogP contribution is 2.37. The molecule has 300 valence electrons. The van der Waals surface area contributed by atoms with Crippen molar-refractivity contribution in [1.29, 1.82) is 0 Å². The molecule has 0 saturated heterocycles. The SMILES string of the molecule is Cc1cccc(N(c2ccccc2)c2ccc(Nc3ccc(N(c4ccccc4)c4cccc(C)c4)cc3)cc2)c1.Cc1cccc(Nc2ccccc2)c1.c1ccccc1. The number of aryl methyl sites for hydroxylation is 3. The number of benzene rings is 9. The van der Waals surface area contributed by atoms with Gasteiger partial charge in [-0.15, -0.1) is 0 Å². The van der Waals surface area contributed by atoms with E-state index in [0.29, 0.717) is 0 Å². The van der Waals surface area contributed by atoms with E-state index < -0.39 is 0 Å². The van der Waals surface area contributed by atoms with E-state index in [1.54, 1.807) is 0 Å². The molecule has 9 aromatic rings. The lowest BCUT2D eigenvalue weighted by atomic mass is 10.1. The molecule has 0 aromatic heterocycles. The van der Waals surface area contributed by atoms with Gasteiger partial charge in [0.25, 0.3) is 0 Å². The first-order valence-corrected chi connectivity index (χ1v) is 20.7. The van der Waals surface area contributed by atoms with Crippen LogP contribution in [0.2, 0.25) is 0 Å². The van der Waals surface area contributed by atoms with Crippen LogP contribution in [0, 0.1) is 20.8 Å². The van der Waals surface area contributed by atoms with Crippen molar-refractivity contribution in [3.63, 3.8) is 0 Å². The van der Waals surface area contributed by atoms with Crippen LogP contribution in [-0.2, 0) is 0 Å². The van der Waals surface area contributed by atoms with Crippen molar-refractivity contribution in [2.45, 2.75) is 20.8 Å². The molecule has 0 spiro atoms.